The van der Waals surface area contributed by atoms with Crippen molar-refractivity contribution in [2.75, 3.05) is 5.32 Å². The molecule has 3 rings (SSSR count). The molecule has 2 aromatic carbocycles. The van der Waals surface area contributed by atoms with Gasteiger partial charge in [-0.05, 0) is 42.8 Å². The van der Waals surface area contributed by atoms with Gasteiger partial charge in [-0.2, -0.15) is 13.2 Å². The number of nitrogens with one attached hydrogen (secondary N) is 1. The minimum Gasteiger partial charge on any atom is -0.508 e. The Morgan fingerprint density at radius 1 is 1.13 bits per heavy atom. The molecular weight excluding hydrogens is 331 g/mol. The number of amides is 1. The molecular formula is C16H11ClF3NO2. The summed E-state index contributed by atoms with van der Waals surface area (Å²) in [5.74, 6) is -0.677. The molecule has 1 atom stereocenters. The van der Waals surface area contributed by atoms with E-state index in [0.717, 1.165) is 12.1 Å². The Hall–Kier alpha value is -2.21. The number of rotatable bonds is 1. The second-order valence-corrected chi connectivity index (χ2v) is 5.94. The lowest BCUT2D eigenvalue weighted by Gasteiger charge is -2.24. The summed E-state index contributed by atoms with van der Waals surface area (Å²) in [4.78, 5) is 12.4. The van der Waals surface area contributed by atoms with Gasteiger partial charge in [-0.25, -0.2) is 0 Å². The highest BCUT2D eigenvalue weighted by molar-refractivity contribution is 6.30. The van der Waals surface area contributed by atoms with Crippen LogP contribution in [0.25, 0.3) is 0 Å². The lowest BCUT2D eigenvalue weighted by Crippen LogP contribution is -2.32. The molecule has 1 unspecified atom stereocenters. The van der Waals surface area contributed by atoms with E-state index in [1.54, 1.807) is 0 Å². The number of fused-ring (bicyclic) bond motifs is 1. The normalized spacial score (nSPS) is 20.3. The van der Waals surface area contributed by atoms with E-state index in [0.29, 0.717) is 10.6 Å². The molecule has 3 nitrogen and oxygen atoms in total. The van der Waals surface area contributed by atoms with Crippen molar-refractivity contribution >= 4 is 23.2 Å². The van der Waals surface area contributed by atoms with Crippen molar-refractivity contribution in [1.82, 2.24) is 0 Å². The molecule has 0 radical (unpaired) electrons. The number of anilines is 1. The maximum atomic E-state index is 12.8. The monoisotopic (exact) mass is 341 g/mol. The molecule has 1 aliphatic heterocycles. The van der Waals surface area contributed by atoms with Crippen LogP contribution >= 0.6 is 11.6 Å². The fourth-order valence-corrected chi connectivity index (χ4v) is 2.98. The topological polar surface area (TPSA) is 49.3 Å². The van der Waals surface area contributed by atoms with E-state index in [1.165, 1.54) is 31.2 Å². The quantitative estimate of drug-likeness (QED) is 0.811. The number of phenols is 1. The minimum absolute atomic E-state index is 0.0756. The van der Waals surface area contributed by atoms with Crippen LogP contribution in [0.3, 0.4) is 0 Å². The van der Waals surface area contributed by atoms with Crippen molar-refractivity contribution in [2.45, 2.75) is 18.5 Å². The van der Waals surface area contributed by atoms with Gasteiger partial charge in [0.05, 0.1) is 5.56 Å². The van der Waals surface area contributed by atoms with E-state index in [-0.39, 0.29) is 17.0 Å². The number of aromatic hydroxyl groups is 1. The first kappa shape index (κ1) is 15.7. The fraction of sp³-hybridized carbons (Fsp3) is 0.188. The van der Waals surface area contributed by atoms with E-state index in [4.69, 9.17) is 11.6 Å². The zero-order valence-electron chi connectivity index (χ0n) is 11.8. The van der Waals surface area contributed by atoms with Gasteiger partial charge in [0.25, 0.3) is 0 Å². The third-order valence-corrected chi connectivity index (χ3v) is 4.32. The van der Waals surface area contributed by atoms with Crippen LogP contribution in [-0.4, -0.2) is 11.0 Å². The largest absolute Gasteiger partial charge is 0.508 e. The van der Waals surface area contributed by atoms with Crippen LogP contribution < -0.4 is 5.32 Å². The van der Waals surface area contributed by atoms with Crippen LogP contribution in [0.1, 0.15) is 23.6 Å². The molecule has 0 aromatic heterocycles. The predicted molar refractivity (Wildman–Crippen MR) is 79.6 cm³/mol. The molecule has 0 saturated carbocycles. The van der Waals surface area contributed by atoms with Crippen molar-refractivity contribution in [2.24, 2.45) is 0 Å². The highest BCUT2D eigenvalue weighted by Crippen LogP contribution is 2.47. The van der Waals surface area contributed by atoms with Gasteiger partial charge in [0.15, 0.2) is 0 Å². The zero-order chi connectivity index (χ0) is 17.0. The maximum absolute atomic E-state index is 12.8. The SMILES string of the molecule is CC1(c2cc(Cl)ccc2O)C(=O)Nc2cc(C(F)(F)F)ccc21. The molecule has 1 aliphatic rings. The molecule has 0 bridgehead atoms. The summed E-state index contributed by atoms with van der Waals surface area (Å²) in [7, 11) is 0. The van der Waals surface area contributed by atoms with Crippen LogP contribution in [0, 0.1) is 0 Å². The highest BCUT2D eigenvalue weighted by atomic mass is 35.5. The Balaban J connectivity index is 2.20. The maximum Gasteiger partial charge on any atom is 0.416 e. The summed E-state index contributed by atoms with van der Waals surface area (Å²) in [5.41, 5.74) is -1.51. The van der Waals surface area contributed by atoms with E-state index < -0.39 is 23.1 Å². The van der Waals surface area contributed by atoms with Gasteiger partial charge in [0.2, 0.25) is 5.91 Å². The molecule has 23 heavy (non-hydrogen) atoms. The number of alkyl halides is 3. The van der Waals surface area contributed by atoms with Gasteiger partial charge in [0.1, 0.15) is 11.2 Å². The van der Waals surface area contributed by atoms with Gasteiger partial charge in [0, 0.05) is 16.3 Å². The number of halogens is 4. The molecule has 0 saturated heterocycles. The van der Waals surface area contributed by atoms with Crippen LogP contribution in [0.15, 0.2) is 36.4 Å². The van der Waals surface area contributed by atoms with Crippen LogP contribution in [0.5, 0.6) is 5.75 Å². The Morgan fingerprint density at radius 3 is 2.48 bits per heavy atom. The second-order valence-electron chi connectivity index (χ2n) is 5.50. The summed E-state index contributed by atoms with van der Waals surface area (Å²) in [5, 5.41) is 12.8. The summed E-state index contributed by atoms with van der Waals surface area (Å²) >= 11 is 5.93. The number of benzene rings is 2. The summed E-state index contributed by atoms with van der Waals surface area (Å²) in [6.45, 7) is 1.53. The van der Waals surface area contributed by atoms with Gasteiger partial charge in [-0.3, -0.25) is 4.79 Å². The second kappa shape index (κ2) is 4.89. The number of hydrogen-bond acceptors (Lipinski definition) is 2. The average Bonchev–Trinajstić information content (AvgIpc) is 2.72. The van der Waals surface area contributed by atoms with Crippen molar-refractivity contribution in [3.63, 3.8) is 0 Å². The van der Waals surface area contributed by atoms with E-state index in [2.05, 4.69) is 5.32 Å². The van der Waals surface area contributed by atoms with Crippen LogP contribution in [0.2, 0.25) is 5.02 Å². The number of carbonyl (C=O) groups is 1. The molecule has 0 fully saturated rings. The van der Waals surface area contributed by atoms with Crippen molar-refractivity contribution in [3.05, 3.63) is 58.1 Å². The molecule has 2 aromatic rings. The molecule has 2 N–H and O–H groups in total. The molecule has 0 spiro atoms. The standard InChI is InChI=1S/C16H11ClF3NO2/c1-15(11-7-9(17)3-5-13(11)22)10-4-2-8(16(18,19)20)6-12(10)21-14(15)23/h2-7,22H,1H3,(H,21,23). The molecule has 120 valence electrons. The summed E-state index contributed by atoms with van der Waals surface area (Å²) in [6.07, 6.45) is -4.50. The van der Waals surface area contributed by atoms with Gasteiger partial charge < -0.3 is 10.4 Å². The third-order valence-electron chi connectivity index (χ3n) is 4.09. The smallest absolute Gasteiger partial charge is 0.416 e. The average molecular weight is 342 g/mol. The van der Waals surface area contributed by atoms with Crippen molar-refractivity contribution < 1.29 is 23.1 Å². The Labute approximate surface area is 134 Å². The summed E-state index contributed by atoms with van der Waals surface area (Å²) in [6, 6.07) is 7.29. The van der Waals surface area contributed by atoms with Gasteiger partial charge >= 0.3 is 6.18 Å². The van der Waals surface area contributed by atoms with Gasteiger partial charge in [-0.1, -0.05) is 17.7 Å². The first-order chi connectivity index (χ1) is 10.6. The first-order valence-electron chi connectivity index (χ1n) is 6.66. The summed E-state index contributed by atoms with van der Waals surface area (Å²) < 4.78 is 38.4. The number of hydrogen-bond donors (Lipinski definition) is 2. The lowest BCUT2D eigenvalue weighted by molar-refractivity contribution is -0.137. The first-order valence-corrected chi connectivity index (χ1v) is 7.04. The van der Waals surface area contributed by atoms with Crippen LogP contribution in [-0.2, 0) is 16.4 Å². The van der Waals surface area contributed by atoms with Gasteiger partial charge in [-0.15, -0.1) is 0 Å². The van der Waals surface area contributed by atoms with E-state index in [9.17, 15) is 23.1 Å². The van der Waals surface area contributed by atoms with E-state index >= 15 is 0 Å². The molecule has 7 heteroatoms. The Morgan fingerprint density at radius 2 is 1.83 bits per heavy atom. The number of phenolic OH excluding ortho intramolecular Hbond substituents is 1. The third kappa shape index (κ3) is 2.34. The molecule has 0 aliphatic carbocycles. The zero-order valence-corrected chi connectivity index (χ0v) is 12.6. The Bertz CT molecular complexity index is 819. The Kier molecular flexibility index (Phi) is 3.33. The van der Waals surface area contributed by atoms with E-state index in [1.807, 2.05) is 0 Å². The van der Waals surface area contributed by atoms with Crippen molar-refractivity contribution in [3.8, 4) is 5.75 Å². The lowest BCUT2D eigenvalue weighted by atomic mass is 9.76. The van der Waals surface area contributed by atoms with Crippen LogP contribution in [0.4, 0.5) is 18.9 Å². The predicted octanol–water partition coefficient (Wildman–Crippen LogP) is 4.32. The molecule has 1 heterocycles. The fourth-order valence-electron chi connectivity index (χ4n) is 2.81. The minimum atomic E-state index is -4.50. The molecule has 1 amide bonds. The number of carbonyl (C=O) groups excluding carboxylic acids is 1. The van der Waals surface area contributed by atoms with Crippen molar-refractivity contribution in [1.29, 1.82) is 0 Å². The highest BCUT2D eigenvalue weighted by Gasteiger charge is 2.46.